The van der Waals surface area contributed by atoms with E-state index in [1.807, 2.05) is 37.2 Å². The summed E-state index contributed by atoms with van der Waals surface area (Å²) in [6.45, 7) is 3.49. The average Bonchev–Trinajstić information content (AvgIpc) is 3.39. The highest BCUT2D eigenvalue weighted by atomic mass is 32.1. The Kier molecular flexibility index (Phi) is 6.45. The second kappa shape index (κ2) is 9.22. The summed E-state index contributed by atoms with van der Waals surface area (Å²) in [6, 6.07) is 4.67. The van der Waals surface area contributed by atoms with Crippen molar-refractivity contribution >= 4 is 28.2 Å². The summed E-state index contributed by atoms with van der Waals surface area (Å²) in [5, 5.41) is 6.27. The fourth-order valence-corrected chi connectivity index (χ4v) is 5.22. The molecule has 2 aliphatic rings. The Hall–Kier alpha value is -1.99. The highest BCUT2D eigenvalue weighted by Crippen LogP contribution is 2.34. The van der Waals surface area contributed by atoms with E-state index in [0.29, 0.717) is 12.6 Å². The lowest BCUT2D eigenvalue weighted by Gasteiger charge is -2.33. The van der Waals surface area contributed by atoms with Crippen molar-refractivity contribution in [3.05, 3.63) is 35.0 Å². The SMILES string of the molecule is Cc1ccc(Nc2nc(C3CCCN3CC(=O)N(C)C3CCCCC3)cs2)nc1. The van der Waals surface area contributed by atoms with Crippen molar-refractivity contribution in [2.45, 2.75) is 64.0 Å². The third-order valence-electron chi connectivity index (χ3n) is 6.23. The Balaban J connectivity index is 1.37. The number of aromatic nitrogens is 2. The molecular formula is C22H31N5OS. The number of thiazole rings is 1. The number of aryl methyl sites for hydroxylation is 1. The van der Waals surface area contributed by atoms with Crippen molar-refractivity contribution in [3.63, 3.8) is 0 Å². The molecule has 0 aromatic carbocycles. The van der Waals surface area contributed by atoms with Gasteiger partial charge in [0.15, 0.2) is 5.13 Å². The molecule has 1 aliphatic carbocycles. The molecule has 0 radical (unpaired) electrons. The summed E-state index contributed by atoms with van der Waals surface area (Å²) >= 11 is 1.60. The zero-order chi connectivity index (χ0) is 20.2. The van der Waals surface area contributed by atoms with Gasteiger partial charge in [0.05, 0.1) is 18.3 Å². The Morgan fingerprint density at radius 2 is 2.07 bits per heavy atom. The number of carbonyl (C=O) groups is 1. The molecule has 1 amide bonds. The van der Waals surface area contributed by atoms with Crippen molar-refractivity contribution in [1.82, 2.24) is 19.8 Å². The van der Waals surface area contributed by atoms with E-state index >= 15 is 0 Å². The van der Waals surface area contributed by atoms with Crippen molar-refractivity contribution in [2.75, 3.05) is 25.5 Å². The van der Waals surface area contributed by atoms with Crippen molar-refractivity contribution in [2.24, 2.45) is 0 Å². The van der Waals surface area contributed by atoms with E-state index < -0.39 is 0 Å². The lowest BCUT2D eigenvalue weighted by atomic mass is 9.94. The number of likely N-dealkylation sites (N-methyl/N-ethyl adjacent to an activating group) is 1. The maximum atomic E-state index is 12.9. The Bertz CT molecular complexity index is 815. The monoisotopic (exact) mass is 413 g/mol. The maximum absolute atomic E-state index is 12.9. The lowest BCUT2D eigenvalue weighted by Crippen LogP contribution is -2.44. The Morgan fingerprint density at radius 1 is 1.24 bits per heavy atom. The second-order valence-electron chi connectivity index (χ2n) is 8.35. The molecule has 2 aromatic rings. The number of anilines is 2. The average molecular weight is 414 g/mol. The normalized spacial score (nSPS) is 20.7. The van der Waals surface area contributed by atoms with E-state index in [4.69, 9.17) is 4.98 Å². The molecular weight excluding hydrogens is 382 g/mol. The van der Waals surface area contributed by atoms with Gasteiger partial charge in [-0.05, 0) is 50.8 Å². The van der Waals surface area contributed by atoms with Gasteiger partial charge in [-0.2, -0.15) is 0 Å². The van der Waals surface area contributed by atoms with Gasteiger partial charge in [0.2, 0.25) is 5.91 Å². The van der Waals surface area contributed by atoms with Crippen LogP contribution >= 0.6 is 11.3 Å². The van der Waals surface area contributed by atoms with Gasteiger partial charge in [0.25, 0.3) is 0 Å². The zero-order valence-corrected chi connectivity index (χ0v) is 18.2. The fourth-order valence-electron chi connectivity index (χ4n) is 4.46. The van der Waals surface area contributed by atoms with Crippen LogP contribution in [0, 0.1) is 6.92 Å². The minimum Gasteiger partial charge on any atom is -0.342 e. The molecule has 0 bridgehead atoms. The first-order valence-electron chi connectivity index (χ1n) is 10.7. The van der Waals surface area contributed by atoms with Crippen LogP contribution < -0.4 is 5.32 Å². The molecule has 2 fully saturated rings. The fraction of sp³-hybridized carbons (Fsp3) is 0.591. The number of hydrogen-bond acceptors (Lipinski definition) is 6. The first-order valence-corrected chi connectivity index (χ1v) is 11.6. The summed E-state index contributed by atoms with van der Waals surface area (Å²) in [7, 11) is 1.99. The minimum absolute atomic E-state index is 0.233. The predicted octanol–water partition coefficient (Wildman–Crippen LogP) is 4.52. The van der Waals surface area contributed by atoms with Gasteiger partial charge in [-0.1, -0.05) is 25.3 Å². The van der Waals surface area contributed by atoms with E-state index in [-0.39, 0.29) is 11.9 Å². The van der Waals surface area contributed by atoms with Gasteiger partial charge in [0.1, 0.15) is 5.82 Å². The van der Waals surface area contributed by atoms with Crippen molar-refractivity contribution < 1.29 is 4.79 Å². The van der Waals surface area contributed by atoms with Crippen LogP contribution in [-0.2, 0) is 4.79 Å². The highest BCUT2D eigenvalue weighted by Gasteiger charge is 2.31. The summed E-state index contributed by atoms with van der Waals surface area (Å²) in [5.74, 6) is 1.06. The second-order valence-corrected chi connectivity index (χ2v) is 9.21. The number of pyridine rings is 1. The first kappa shape index (κ1) is 20.3. The molecule has 7 heteroatoms. The quantitative estimate of drug-likeness (QED) is 0.754. The molecule has 1 N–H and O–H groups in total. The van der Waals surface area contributed by atoms with Gasteiger partial charge in [-0.15, -0.1) is 11.3 Å². The molecule has 29 heavy (non-hydrogen) atoms. The number of likely N-dealkylation sites (tertiary alicyclic amines) is 1. The first-order chi connectivity index (χ1) is 14.1. The Morgan fingerprint density at radius 3 is 2.83 bits per heavy atom. The number of nitrogens with zero attached hydrogens (tertiary/aromatic N) is 4. The van der Waals surface area contributed by atoms with Crippen LogP contribution in [0.3, 0.4) is 0 Å². The van der Waals surface area contributed by atoms with Crippen LogP contribution in [0.15, 0.2) is 23.7 Å². The van der Waals surface area contributed by atoms with Gasteiger partial charge in [-0.3, -0.25) is 9.69 Å². The van der Waals surface area contributed by atoms with Crippen LogP contribution in [0.2, 0.25) is 0 Å². The molecule has 0 spiro atoms. The largest absolute Gasteiger partial charge is 0.342 e. The number of hydrogen-bond donors (Lipinski definition) is 1. The van der Waals surface area contributed by atoms with Crippen LogP contribution in [0.4, 0.5) is 10.9 Å². The van der Waals surface area contributed by atoms with E-state index in [9.17, 15) is 4.79 Å². The third kappa shape index (κ3) is 4.95. The highest BCUT2D eigenvalue weighted by molar-refractivity contribution is 7.13. The summed E-state index contributed by atoms with van der Waals surface area (Å²) < 4.78 is 0. The smallest absolute Gasteiger partial charge is 0.236 e. The third-order valence-corrected chi connectivity index (χ3v) is 7.00. The molecule has 3 heterocycles. The van der Waals surface area contributed by atoms with Crippen molar-refractivity contribution in [3.8, 4) is 0 Å². The molecule has 2 aromatic heterocycles. The number of amides is 1. The molecule has 1 saturated carbocycles. The summed E-state index contributed by atoms with van der Waals surface area (Å²) in [4.78, 5) is 26.4. The molecule has 6 nitrogen and oxygen atoms in total. The number of nitrogens with one attached hydrogen (secondary N) is 1. The number of rotatable bonds is 6. The summed E-state index contributed by atoms with van der Waals surface area (Å²) in [6.07, 6.45) is 10.1. The number of carbonyl (C=O) groups excluding carboxylic acids is 1. The van der Waals surface area contributed by atoms with E-state index in [0.717, 1.165) is 54.4 Å². The molecule has 156 valence electrons. The standard InChI is InChI=1S/C22H31N5OS/c1-16-10-11-20(23-13-16)25-22-24-18(15-29-22)19-9-6-12-27(19)14-21(28)26(2)17-7-4-3-5-8-17/h10-11,13,15,17,19H,3-9,12,14H2,1-2H3,(H,23,24,25). The maximum Gasteiger partial charge on any atom is 0.236 e. The molecule has 4 rings (SSSR count). The van der Waals surface area contributed by atoms with Crippen LogP contribution in [0.25, 0.3) is 0 Å². The van der Waals surface area contributed by atoms with Crippen molar-refractivity contribution in [1.29, 1.82) is 0 Å². The molecule has 1 unspecified atom stereocenters. The zero-order valence-electron chi connectivity index (χ0n) is 17.4. The topological polar surface area (TPSA) is 61.4 Å². The van der Waals surface area contributed by atoms with Gasteiger partial charge in [0, 0.05) is 24.7 Å². The van der Waals surface area contributed by atoms with E-state index in [1.165, 1.54) is 19.3 Å². The molecule has 1 saturated heterocycles. The van der Waals surface area contributed by atoms with Crippen LogP contribution in [0.1, 0.15) is 62.2 Å². The lowest BCUT2D eigenvalue weighted by molar-refractivity contribution is -0.134. The molecule has 1 atom stereocenters. The predicted molar refractivity (Wildman–Crippen MR) is 118 cm³/mol. The van der Waals surface area contributed by atoms with Crippen LogP contribution in [0.5, 0.6) is 0 Å². The molecule has 1 aliphatic heterocycles. The van der Waals surface area contributed by atoms with Gasteiger partial charge < -0.3 is 10.2 Å². The minimum atomic E-state index is 0.233. The van der Waals surface area contributed by atoms with Crippen LogP contribution in [-0.4, -0.2) is 51.9 Å². The Labute approximate surface area is 177 Å². The van der Waals surface area contributed by atoms with E-state index in [1.54, 1.807) is 11.3 Å². The van der Waals surface area contributed by atoms with Gasteiger partial charge >= 0.3 is 0 Å². The van der Waals surface area contributed by atoms with Gasteiger partial charge in [-0.25, -0.2) is 9.97 Å². The summed E-state index contributed by atoms with van der Waals surface area (Å²) in [5.41, 5.74) is 2.20. The van der Waals surface area contributed by atoms with E-state index in [2.05, 4.69) is 20.6 Å².